The predicted octanol–water partition coefficient (Wildman–Crippen LogP) is 5.11. The fraction of sp³-hybridized carbons (Fsp3) is 0.524. The zero-order chi connectivity index (χ0) is 17.9. The van der Waals surface area contributed by atoms with E-state index in [1.54, 1.807) is 6.20 Å². The molecule has 1 aliphatic carbocycles. The fourth-order valence-electron chi connectivity index (χ4n) is 4.47. The van der Waals surface area contributed by atoms with Crippen molar-refractivity contribution in [2.75, 3.05) is 6.54 Å². The zero-order valence-electron chi connectivity index (χ0n) is 15.0. The molecule has 0 N–H and O–H groups in total. The SMILES string of the molecule is O=C(CCc1ncc(-c2ccc(Cl)cc2)o1)N1CCC[C@@H]2CCCC[C@H]21. The highest BCUT2D eigenvalue weighted by atomic mass is 35.5. The van der Waals surface area contributed by atoms with Gasteiger partial charge in [-0.3, -0.25) is 4.79 Å². The molecule has 4 rings (SSSR count). The molecule has 5 heteroatoms. The minimum Gasteiger partial charge on any atom is -0.441 e. The van der Waals surface area contributed by atoms with Crippen LogP contribution >= 0.6 is 11.6 Å². The van der Waals surface area contributed by atoms with E-state index in [0.717, 1.165) is 30.2 Å². The average Bonchev–Trinajstić information content (AvgIpc) is 3.15. The van der Waals surface area contributed by atoms with Crippen LogP contribution in [0.2, 0.25) is 5.02 Å². The lowest BCUT2D eigenvalue weighted by Gasteiger charge is -2.44. The van der Waals surface area contributed by atoms with E-state index in [1.807, 2.05) is 24.3 Å². The summed E-state index contributed by atoms with van der Waals surface area (Å²) in [6.45, 7) is 0.918. The molecule has 2 fully saturated rings. The number of likely N-dealkylation sites (tertiary alicyclic amines) is 1. The number of hydrogen-bond acceptors (Lipinski definition) is 3. The number of rotatable bonds is 4. The molecule has 1 aromatic carbocycles. The van der Waals surface area contributed by atoms with Crippen LogP contribution in [0.1, 0.15) is 50.8 Å². The number of carbonyl (C=O) groups is 1. The number of amides is 1. The van der Waals surface area contributed by atoms with Gasteiger partial charge in [-0.1, -0.05) is 24.4 Å². The quantitative estimate of drug-likeness (QED) is 0.749. The molecular formula is C21H25ClN2O2. The van der Waals surface area contributed by atoms with Crippen LogP contribution < -0.4 is 0 Å². The maximum atomic E-state index is 12.8. The summed E-state index contributed by atoms with van der Waals surface area (Å²) in [4.78, 5) is 19.3. The minimum absolute atomic E-state index is 0.257. The number of aromatic nitrogens is 1. The lowest BCUT2D eigenvalue weighted by atomic mass is 9.78. The van der Waals surface area contributed by atoms with Crippen LogP contribution in [-0.4, -0.2) is 28.4 Å². The van der Waals surface area contributed by atoms with Gasteiger partial charge in [0.2, 0.25) is 5.91 Å². The van der Waals surface area contributed by atoms with Crippen molar-refractivity contribution in [2.24, 2.45) is 5.92 Å². The highest BCUT2D eigenvalue weighted by Gasteiger charge is 2.35. The molecule has 1 saturated carbocycles. The molecule has 1 aliphatic heterocycles. The predicted molar refractivity (Wildman–Crippen MR) is 102 cm³/mol. The van der Waals surface area contributed by atoms with Crippen molar-refractivity contribution >= 4 is 17.5 Å². The Kier molecular flexibility index (Phi) is 5.30. The van der Waals surface area contributed by atoms with Crippen molar-refractivity contribution in [1.29, 1.82) is 0 Å². The van der Waals surface area contributed by atoms with E-state index in [2.05, 4.69) is 9.88 Å². The third-order valence-electron chi connectivity index (χ3n) is 5.80. The second kappa shape index (κ2) is 7.83. The molecule has 2 atom stereocenters. The van der Waals surface area contributed by atoms with Gasteiger partial charge in [-0.05, 0) is 55.9 Å². The summed E-state index contributed by atoms with van der Waals surface area (Å²) in [6.07, 6.45) is 10.2. The highest BCUT2D eigenvalue weighted by molar-refractivity contribution is 6.30. The number of halogens is 1. The first-order valence-corrected chi connectivity index (χ1v) is 10.1. The Hall–Kier alpha value is -1.81. The Morgan fingerprint density at radius 1 is 1.15 bits per heavy atom. The Balaban J connectivity index is 1.36. The average molecular weight is 373 g/mol. The number of benzene rings is 1. The van der Waals surface area contributed by atoms with Gasteiger partial charge in [-0.25, -0.2) is 4.98 Å². The molecule has 4 nitrogen and oxygen atoms in total. The van der Waals surface area contributed by atoms with Crippen molar-refractivity contribution in [3.63, 3.8) is 0 Å². The number of piperidine rings is 1. The van der Waals surface area contributed by atoms with E-state index in [-0.39, 0.29) is 5.91 Å². The molecule has 2 aliphatic rings. The van der Waals surface area contributed by atoms with Crippen LogP contribution in [0.15, 0.2) is 34.9 Å². The van der Waals surface area contributed by atoms with Gasteiger partial charge in [0.1, 0.15) is 0 Å². The van der Waals surface area contributed by atoms with E-state index in [1.165, 1.54) is 32.1 Å². The van der Waals surface area contributed by atoms with Crippen LogP contribution in [-0.2, 0) is 11.2 Å². The second-order valence-electron chi connectivity index (χ2n) is 7.47. The van der Waals surface area contributed by atoms with Gasteiger partial charge in [-0.2, -0.15) is 0 Å². The number of oxazole rings is 1. The summed E-state index contributed by atoms with van der Waals surface area (Å²) in [5, 5.41) is 0.696. The standard InChI is InChI=1S/C21H25ClN2O2/c22-17-9-7-16(8-10-17)19-14-23-20(26-19)11-12-21(25)24-13-3-5-15-4-1-2-6-18(15)24/h7-10,14-15,18H,1-6,11-13H2/t15-,18+/m0/s1. The van der Waals surface area contributed by atoms with E-state index in [9.17, 15) is 4.79 Å². The third kappa shape index (κ3) is 3.80. The van der Waals surface area contributed by atoms with Crippen molar-refractivity contribution in [3.8, 4) is 11.3 Å². The molecule has 2 aromatic rings. The molecule has 0 radical (unpaired) electrons. The molecular weight excluding hydrogens is 348 g/mol. The molecule has 1 aromatic heterocycles. The molecule has 0 spiro atoms. The topological polar surface area (TPSA) is 46.3 Å². The maximum absolute atomic E-state index is 12.8. The first kappa shape index (κ1) is 17.6. The molecule has 0 unspecified atom stereocenters. The van der Waals surface area contributed by atoms with Crippen LogP contribution in [0.3, 0.4) is 0 Å². The number of aryl methyl sites for hydroxylation is 1. The van der Waals surface area contributed by atoms with Crippen molar-refractivity contribution in [2.45, 2.75) is 57.4 Å². The summed E-state index contributed by atoms with van der Waals surface area (Å²) in [6, 6.07) is 7.96. The van der Waals surface area contributed by atoms with Gasteiger partial charge >= 0.3 is 0 Å². The zero-order valence-corrected chi connectivity index (χ0v) is 15.8. The molecule has 26 heavy (non-hydrogen) atoms. The molecule has 1 saturated heterocycles. The van der Waals surface area contributed by atoms with Crippen LogP contribution in [0.4, 0.5) is 0 Å². The van der Waals surface area contributed by atoms with Crippen LogP contribution in [0, 0.1) is 5.92 Å². The smallest absolute Gasteiger partial charge is 0.223 e. The first-order valence-electron chi connectivity index (χ1n) is 9.71. The maximum Gasteiger partial charge on any atom is 0.223 e. The largest absolute Gasteiger partial charge is 0.441 e. The first-order chi connectivity index (χ1) is 12.7. The van der Waals surface area contributed by atoms with Crippen LogP contribution in [0.25, 0.3) is 11.3 Å². The van der Waals surface area contributed by atoms with Gasteiger partial charge in [-0.15, -0.1) is 0 Å². The van der Waals surface area contributed by atoms with E-state index < -0.39 is 0 Å². The van der Waals surface area contributed by atoms with Crippen molar-refractivity contribution in [1.82, 2.24) is 9.88 Å². The normalized spacial score (nSPS) is 22.9. The monoisotopic (exact) mass is 372 g/mol. The lowest BCUT2D eigenvalue weighted by Crippen LogP contribution is -2.49. The molecule has 138 valence electrons. The van der Waals surface area contributed by atoms with Crippen molar-refractivity contribution in [3.05, 3.63) is 41.4 Å². The summed E-state index contributed by atoms with van der Waals surface area (Å²) < 4.78 is 5.83. The summed E-state index contributed by atoms with van der Waals surface area (Å²) >= 11 is 5.92. The number of carbonyl (C=O) groups excluding carboxylic acids is 1. The Bertz CT molecular complexity index is 754. The van der Waals surface area contributed by atoms with Gasteiger partial charge in [0.15, 0.2) is 11.7 Å². The van der Waals surface area contributed by atoms with Gasteiger partial charge in [0.05, 0.1) is 6.20 Å². The summed E-state index contributed by atoms with van der Waals surface area (Å²) in [5.74, 6) is 2.32. The number of fused-ring (bicyclic) bond motifs is 1. The number of nitrogens with zero attached hydrogens (tertiary/aromatic N) is 2. The number of hydrogen-bond donors (Lipinski definition) is 0. The van der Waals surface area contributed by atoms with Crippen LogP contribution in [0.5, 0.6) is 0 Å². The summed E-state index contributed by atoms with van der Waals surface area (Å²) in [5.41, 5.74) is 0.945. The molecule has 0 bridgehead atoms. The minimum atomic E-state index is 0.257. The Labute approximate surface area is 159 Å². The van der Waals surface area contributed by atoms with Gasteiger partial charge in [0.25, 0.3) is 0 Å². The lowest BCUT2D eigenvalue weighted by molar-refractivity contribution is -0.137. The van der Waals surface area contributed by atoms with E-state index >= 15 is 0 Å². The fourth-order valence-corrected chi connectivity index (χ4v) is 4.59. The summed E-state index contributed by atoms with van der Waals surface area (Å²) in [7, 11) is 0. The highest BCUT2D eigenvalue weighted by Crippen LogP contribution is 2.35. The second-order valence-corrected chi connectivity index (χ2v) is 7.90. The van der Waals surface area contributed by atoms with E-state index in [4.69, 9.17) is 16.0 Å². The Morgan fingerprint density at radius 3 is 2.77 bits per heavy atom. The van der Waals surface area contributed by atoms with E-state index in [0.29, 0.717) is 29.8 Å². The van der Waals surface area contributed by atoms with Crippen molar-refractivity contribution < 1.29 is 9.21 Å². The van der Waals surface area contributed by atoms with Gasteiger partial charge < -0.3 is 9.32 Å². The van der Waals surface area contributed by atoms with Gasteiger partial charge in [0, 0.05) is 36.0 Å². The molecule has 2 heterocycles. The third-order valence-corrected chi connectivity index (χ3v) is 6.05. The Morgan fingerprint density at radius 2 is 1.92 bits per heavy atom. The molecule has 1 amide bonds.